The largest absolute Gasteiger partial charge is 0.573 e. The van der Waals surface area contributed by atoms with Crippen LogP contribution in [0.5, 0.6) is 5.75 Å². The van der Waals surface area contributed by atoms with Crippen LogP contribution in [0.25, 0.3) is 11.1 Å². The topological polar surface area (TPSA) is 26.3 Å². The Labute approximate surface area is 124 Å². The molecule has 21 heavy (non-hydrogen) atoms. The van der Waals surface area contributed by atoms with E-state index in [9.17, 15) is 18.0 Å². The van der Waals surface area contributed by atoms with Crippen LogP contribution in [0.4, 0.5) is 13.2 Å². The first-order valence-electron chi connectivity index (χ1n) is 5.93. The molecular formula is C15H10ClF3O2. The van der Waals surface area contributed by atoms with Crippen molar-refractivity contribution in [3.63, 3.8) is 0 Å². The zero-order valence-electron chi connectivity index (χ0n) is 10.9. The number of alkyl halides is 3. The molecule has 2 rings (SSSR count). The quantitative estimate of drug-likeness (QED) is 0.736. The summed E-state index contributed by atoms with van der Waals surface area (Å²) in [6.45, 7) is 1.39. The third kappa shape index (κ3) is 3.98. The zero-order valence-corrected chi connectivity index (χ0v) is 11.6. The highest BCUT2D eigenvalue weighted by molar-refractivity contribution is 6.34. The number of ketones is 1. The van der Waals surface area contributed by atoms with E-state index < -0.39 is 6.36 Å². The SMILES string of the molecule is CC(=O)c1ccc(-c2cccc(OC(F)(F)F)c2)cc1Cl. The van der Waals surface area contributed by atoms with Crippen LogP contribution in [-0.4, -0.2) is 12.1 Å². The van der Waals surface area contributed by atoms with Crippen molar-refractivity contribution in [2.24, 2.45) is 0 Å². The maximum absolute atomic E-state index is 12.2. The number of carbonyl (C=O) groups excluding carboxylic acids is 1. The summed E-state index contributed by atoms with van der Waals surface area (Å²) in [5, 5.41) is 0.252. The molecule has 6 heteroatoms. The molecule has 0 aromatic heterocycles. The van der Waals surface area contributed by atoms with Crippen LogP contribution in [0.1, 0.15) is 17.3 Å². The third-order valence-corrected chi connectivity index (χ3v) is 3.06. The second-order valence-electron chi connectivity index (χ2n) is 4.33. The molecule has 0 aliphatic heterocycles. The van der Waals surface area contributed by atoms with Crippen LogP contribution in [0, 0.1) is 0 Å². The first kappa shape index (κ1) is 15.4. The molecule has 0 aliphatic carbocycles. The molecule has 0 saturated carbocycles. The van der Waals surface area contributed by atoms with Gasteiger partial charge >= 0.3 is 6.36 Å². The van der Waals surface area contributed by atoms with Gasteiger partial charge in [-0.2, -0.15) is 0 Å². The van der Waals surface area contributed by atoms with Gasteiger partial charge in [0, 0.05) is 5.56 Å². The van der Waals surface area contributed by atoms with E-state index in [1.165, 1.54) is 37.3 Å². The zero-order chi connectivity index (χ0) is 15.6. The van der Waals surface area contributed by atoms with Crippen LogP contribution in [-0.2, 0) is 0 Å². The molecule has 0 N–H and O–H groups in total. The Morgan fingerprint density at radius 1 is 1.10 bits per heavy atom. The fourth-order valence-corrected chi connectivity index (χ4v) is 2.17. The molecule has 0 radical (unpaired) electrons. The minimum Gasteiger partial charge on any atom is -0.406 e. The van der Waals surface area contributed by atoms with Gasteiger partial charge in [0.25, 0.3) is 0 Å². The van der Waals surface area contributed by atoms with Crippen molar-refractivity contribution in [1.82, 2.24) is 0 Å². The van der Waals surface area contributed by atoms with E-state index >= 15 is 0 Å². The lowest BCUT2D eigenvalue weighted by atomic mass is 10.0. The van der Waals surface area contributed by atoms with Gasteiger partial charge in [-0.25, -0.2) is 0 Å². The minimum absolute atomic E-state index is 0.180. The summed E-state index contributed by atoms with van der Waals surface area (Å²) in [5.74, 6) is -0.493. The number of hydrogen-bond donors (Lipinski definition) is 0. The second kappa shape index (κ2) is 5.77. The molecule has 2 aromatic carbocycles. The van der Waals surface area contributed by atoms with Gasteiger partial charge in [0.1, 0.15) is 5.75 Å². The number of benzene rings is 2. The van der Waals surface area contributed by atoms with E-state index in [0.717, 1.165) is 0 Å². The maximum Gasteiger partial charge on any atom is 0.573 e. The summed E-state index contributed by atoms with van der Waals surface area (Å²) in [7, 11) is 0. The minimum atomic E-state index is -4.74. The summed E-state index contributed by atoms with van der Waals surface area (Å²) >= 11 is 5.99. The van der Waals surface area contributed by atoms with Crippen molar-refractivity contribution in [2.75, 3.05) is 0 Å². The highest BCUT2D eigenvalue weighted by Crippen LogP contribution is 2.30. The molecule has 0 bridgehead atoms. The van der Waals surface area contributed by atoms with E-state index in [2.05, 4.69) is 4.74 Å². The summed E-state index contributed by atoms with van der Waals surface area (Å²) in [6.07, 6.45) is -4.74. The highest BCUT2D eigenvalue weighted by Gasteiger charge is 2.31. The third-order valence-electron chi connectivity index (χ3n) is 2.75. The van der Waals surface area contributed by atoms with Crippen molar-refractivity contribution in [3.8, 4) is 16.9 Å². The Bertz CT molecular complexity index is 681. The number of Topliss-reactive ketones (excluding diaryl/α,β-unsaturated/α-hetero) is 1. The lowest BCUT2D eigenvalue weighted by Crippen LogP contribution is -2.17. The Hall–Kier alpha value is -2.01. The standard InChI is InChI=1S/C15H10ClF3O2/c1-9(20)13-6-5-11(8-14(13)16)10-3-2-4-12(7-10)21-15(17,18)19/h2-8H,1H3. The fourth-order valence-electron chi connectivity index (χ4n) is 1.85. The lowest BCUT2D eigenvalue weighted by molar-refractivity contribution is -0.274. The molecule has 0 spiro atoms. The summed E-state index contributed by atoms with van der Waals surface area (Å²) < 4.78 is 40.5. The van der Waals surface area contributed by atoms with Crippen molar-refractivity contribution >= 4 is 17.4 Å². The van der Waals surface area contributed by atoms with E-state index in [1.54, 1.807) is 12.1 Å². The number of carbonyl (C=O) groups is 1. The predicted molar refractivity (Wildman–Crippen MR) is 73.6 cm³/mol. The molecule has 0 saturated heterocycles. The van der Waals surface area contributed by atoms with Gasteiger partial charge in [0.15, 0.2) is 5.78 Å². The summed E-state index contributed by atoms with van der Waals surface area (Å²) in [4.78, 5) is 11.3. The van der Waals surface area contributed by atoms with Crippen LogP contribution in [0.15, 0.2) is 42.5 Å². The Balaban J connectivity index is 2.36. The molecule has 2 aromatic rings. The van der Waals surface area contributed by atoms with Crippen molar-refractivity contribution in [1.29, 1.82) is 0 Å². The lowest BCUT2D eigenvalue weighted by Gasteiger charge is -2.10. The van der Waals surface area contributed by atoms with Gasteiger partial charge in [-0.05, 0) is 42.3 Å². The van der Waals surface area contributed by atoms with Crippen LogP contribution >= 0.6 is 11.6 Å². The molecule has 0 heterocycles. The Morgan fingerprint density at radius 3 is 2.33 bits per heavy atom. The van der Waals surface area contributed by atoms with Crippen molar-refractivity contribution < 1.29 is 22.7 Å². The summed E-state index contributed by atoms with van der Waals surface area (Å²) in [5.41, 5.74) is 1.47. The summed E-state index contributed by atoms with van der Waals surface area (Å²) in [6, 6.07) is 10.2. The molecule has 0 atom stereocenters. The molecule has 0 unspecified atom stereocenters. The van der Waals surface area contributed by atoms with Crippen molar-refractivity contribution in [2.45, 2.75) is 13.3 Å². The van der Waals surface area contributed by atoms with Gasteiger partial charge in [0.05, 0.1) is 5.02 Å². The molecular weight excluding hydrogens is 305 g/mol. The average molecular weight is 315 g/mol. The predicted octanol–water partition coefficient (Wildman–Crippen LogP) is 5.11. The number of ether oxygens (including phenoxy) is 1. The first-order valence-corrected chi connectivity index (χ1v) is 6.31. The van der Waals surface area contributed by atoms with Gasteiger partial charge in [-0.3, -0.25) is 4.79 Å². The van der Waals surface area contributed by atoms with Gasteiger partial charge in [-0.15, -0.1) is 13.2 Å². The number of rotatable bonds is 3. The number of halogens is 4. The normalized spacial score (nSPS) is 11.3. The smallest absolute Gasteiger partial charge is 0.406 e. The van der Waals surface area contributed by atoms with Gasteiger partial charge in [-0.1, -0.05) is 29.8 Å². The number of hydrogen-bond acceptors (Lipinski definition) is 2. The van der Waals surface area contributed by atoms with E-state index in [4.69, 9.17) is 11.6 Å². The molecule has 0 aliphatic rings. The average Bonchev–Trinajstić information content (AvgIpc) is 2.36. The van der Waals surface area contributed by atoms with Crippen LogP contribution in [0.3, 0.4) is 0 Å². The van der Waals surface area contributed by atoms with Crippen LogP contribution < -0.4 is 4.74 Å². The van der Waals surface area contributed by atoms with Gasteiger partial charge in [0.2, 0.25) is 0 Å². The van der Waals surface area contributed by atoms with Gasteiger partial charge < -0.3 is 4.74 Å². The molecule has 2 nitrogen and oxygen atoms in total. The second-order valence-corrected chi connectivity index (χ2v) is 4.73. The van der Waals surface area contributed by atoms with Crippen LogP contribution in [0.2, 0.25) is 5.02 Å². The molecule has 0 amide bonds. The van der Waals surface area contributed by atoms with E-state index in [-0.39, 0.29) is 16.6 Å². The highest BCUT2D eigenvalue weighted by atomic mass is 35.5. The molecule has 110 valence electrons. The maximum atomic E-state index is 12.2. The van der Waals surface area contributed by atoms with E-state index in [1.807, 2.05) is 0 Å². The van der Waals surface area contributed by atoms with Crippen molar-refractivity contribution in [3.05, 3.63) is 53.1 Å². The monoisotopic (exact) mass is 314 g/mol. The first-order chi connectivity index (χ1) is 9.76. The molecule has 0 fully saturated rings. The Kier molecular flexibility index (Phi) is 4.23. The Morgan fingerprint density at radius 2 is 1.76 bits per heavy atom. The van der Waals surface area contributed by atoms with E-state index in [0.29, 0.717) is 16.7 Å². The fraction of sp³-hybridized carbons (Fsp3) is 0.133.